The lowest BCUT2D eigenvalue weighted by atomic mass is 9.78. The Bertz CT molecular complexity index is 1040. The van der Waals surface area contributed by atoms with Crippen molar-refractivity contribution >= 4 is 27.0 Å². The molecule has 2 aromatic rings. The number of ether oxygens (including phenoxy) is 1. The summed E-state index contributed by atoms with van der Waals surface area (Å²) < 4.78 is 33.9. The fourth-order valence-corrected chi connectivity index (χ4v) is 5.23. The molecule has 1 aromatic heterocycles. The Balaban J connectivity index is 1.40. The van der Waals surface area contributed by atoms with Gasteiger partial charge in [-0.2, -0.15) is 0 Å². The molecule has 1 amide bonds. The number of piperidine rings is 1. The predicted octanol–water partition coefficient (Wildman–Crippen LogP) is 0.487. The number of aliphatic hydroxyl groups is 1. The monoisotopic (exact) mass is 436 g/mol. The highest BCUT2D eigenvalue weighted by molar-refractivity contribution is 7.88. The Morgan fingerprint density at radius 2 is 2.03 bits per heavy atom. The van der Waals surface area contributed by atoms with Crippen molar-refractivity contribution in [2.45, 2.75) is 50.0 Å². The highest BCUT2D eigenvalue weighted by atomic mass is 32.2. The first-order chi connectivity index (χ1) is 14.1. The first-order valence-electron chi connectivity index (χ1n) is 10.1. The normalized spacial score (nSPS) is 26.9. The summed E-state index contributed by atoms with van der Waals surface area (Å²) in [5.74, 6) is 0.0154. The topological polar surface area (TPSA) is 114 Å². The third-order valence-electron chi connectivity index (χ3n) is 6.21. The summed E-state index contributed by atoms with van der Waals surface area (Å²) in [5.41, 5.74) is -0.0332. The van der Waals surface area contributed by atoms with Gasteiger partial charge in [0.2, 0.25) is 15.9 Å². The summed E-state index contributed by atoms with van der Waals surface area (Å²) in [6, 6.07) is 7.07. The van der Waals surface area contributed by atoms with Crippen LogP contribution in [0.2, 0.25) is 0 Å². The molecule has 1 aromatic carbocycles. The molecule has 0 aliphatic carbocycles. The SMILES string of the molecule is C[C@]1(O)COC2(CCN(C(=O)Cn3cnc4ccccc43)CC2)C[C@@H]1NS(C)(=O)=O. The second kappa shape index (κ2) is 7.60. The van der Waals surface area contributed by atoms with Gasteiger partial charge in [-0.3, -0.25) is 4.79 Å². The number of imidazole rings is 1. The quantitative estimate of drug-likeness (QED) is 0.721. The van der Waals surface area contributed by atoms with Crippen LogP contribution in [0.1, 0.15) is 26.2 Å². The summed E-state index contributed by atoms with van der Waals surface area (Å²) in [4.78, 5) is 19.0. The number of hydrogen-bond acceptors (Lipinski definition) is 6. The molecule has 2 aliphatic rings. The lowest BCUT2D eigenvalue weighted by Gasteiger charge is -2.50. The molecule has 0 unspecified atom stereocenters. The number of fused-ring (bicyclic) bond motifs is 1. The standard InChI is InChI=1S/C20H28N4O5S/c1-19(26)13-29-20(11-17(19)22-30(2,27)28)7-9-23(10-8-20)18(25)12-24-14-21-15-5-3-4-6-16(15)24/h3-6,14,17,22,26H,7-13H2,1-2H3/t17-,19-/m0/s1. The molecule has 0 radical (unpaired) electrons. The number of amides is 1. The Labute approximate surface area is 176 Å². The summed E-state index contributed by atoms with van der Waals surface area (Å²) in [5, 5.41) is 10.6. The zero-order chi connectivity index (χ0) is 21.6. The maximum atomic E-state index is 12.8. The average molecular weight is 437 g/mol. The van der Waals surface area contributed by atoms with Crippen LogP contribution in [-0.2, 0) is 26.1 Å². The number of nitrogens with zero attached hydrogens (tertiary/aromatic N) is 3. The molecule has 4 rings (SSSR count). The summed E-state index contributed by atoms with van der Waals surface area (Å²) in [6.07, 6.45) is 4.35. The number of carbonyl (C=O) groups excluding carboxylic acids is 1. The molecule has 164 valence electrons. The van der Waals surface area contributed by atoms with E-state index >= 15 is 0 Å². The van der Waals surface area contributed by atoms with Gasteiger partial charge in [-0.25, -0.2) is 18.1 Å². The van der Waals surface area contributed by atoms with Gasteiger partial charge in [-0.1, -0.05) is 12.1 Å². The van der Waals surface area contributed by atoms with Crippen LogP contribution < -0.4 is 4.72 Å². The van der Waals surface area contributed by atoms with Crippen LogP contribution in [0.25, 0.3) is 11.0 Å². The number of rotatable bonds is 4. The lowest BCUT2D eigenvalue weighted by molar-refractivity contribution is -0.190. The van der Waals surface area contributed by atoms with Crippen molar-refractivity contribution in [3.8, 4) is 0 Å². The smallest absolute Gasteiger partial charge is 0.242 e. The zero-order valence-electron chi connectivity index (χ0n) is 17.2. The van der Waals surface area contributed by atoms with Gasteiger partial charge < -0.3 is 19.3 Å². The van der Waals surface area contributed by atoms with Crippen LogP contribution in [-0.4, -0.2) is 77.1 Å². The van der Waals surface area contributed by atoms with Gasteiger partial charge in [0.1, 0.15) is 12.1 Å². The number of nitrogens with one attached hydrogen (secondary N) is 1. The van der Waals surface area contributed by atoms with Gasteiger partial charge in [0.05, 0.1) is 41.9 Å². The first kappa shape index (κ1) is 21.2. The predicted molar refractivity (Wildman–Crippen MR) is 111 cm³/mol. The van der Waals surface area contributed by atoms with Crippen molar-refractivity contribution < 1.29 is 23.1 Å². The molecule has 30 heavy (non-hydrogen) atoms. The van der Waals surface area contributed by atoms with E-state index in [1.54, 1.807) is 13.3 Å². The van der Waals surface area contributed by atoms with Gasteiger partial charge in [-0.05, 0) is 38.3 Å². The van der Waals surface area contributed by atoms with E-state index in [9.17, 15) is 18.3 Å². The van der Waals surface area contributed by atoms with E-state index in [0.29, 0.717) is 32.4 Å². The van der Waals surface area contributed by atoms with Crippen molar-refractivity contribution in [3.05, 3.63) is 30.6 Å². The average Bonchev–Trinajstić information content (AvgIpc) is 3.08. The molecular formula is C20H28N4O5S. The van der Waals surface area contributed by atoms with E-state index < -0.39 is 27.3 Å². The van der Waals surface area contributed by atoms with Crippen molar-refractivity contribution in [3.63, 3.8) is 0 Å². The highest BCUT2D eigenvalue weighted by Gasteiger charge is 2.49. The molecule has 10 heteroatoms. The van der Waals surface area contributed by atoms with Crippen LogP contribution >= 0.6 is 0 Å². The van der Waals surface area contributed by atoms with Crippen LogP contribution in [0, 0.1) is 0 Å². The third-order valence-corrected chi connectivity index (χ3v) is 6.93. The molecule has 1 spiro atoms. The van der Waals surface area contributed by atoms with Gasteiger partial charge in [0.25, 0.3) is 0 Å². The van der Waals surface area contributed by atoms with Gasteiger partial charge in [-0.15, -0.1) is 0 Å². The highest BCUT2D eigenvalue weighted by Crippen LogP contribution is 2.38. The Hall–Kier alpha value is -2.01. The van der Waals surface area contributed by atoms with Gasteiger partial charge in [0.15, 0.2) is 0 Å². The zero-order valence-corrected chi connectivity index (χ0v) is 18.1. The number of para-hydroxylation sites is 2. The maximum Gasteiger partial charge on any atom is 0.242 e. The van der Waals surface area contributed by atoms with E-state index in [-0.39, 0.29) is 19.1 Å². The maximum absolute atomic E-state index is 12.8. The fraction of sp³-hybridized carbons (Fsp3) is 0.600. The minimum absolute atomic E-state index is 0.0154. The number of carbonyl (C=O) groups is 1. The van der Waals surface area contributed by atoms with Crippen LogP contribution in [0.3, 0.4) is 0 Å². The molecular weight excluding hydrogens is 408 g/mol. The van der Waals surface area contributed by atoms with Crippen LogP contribution in [0.4, 0.5) is 0 Å². The van der Waals surface area contributed by atoms with E-state index in [1.165, 1.54) is 0 Å². The Kier molecular flexibility index (Phi) is 5.38. The molecule has 0 saturated carbocycles. The number of sulfonamides is 1. The lowest BCUT2D eigenvalue weighted by Crippen LogP contribution is -2.64. The van der Waals surface area contributed by atoms with Crippen LogP contribution in [0.5, 0.6) is 0 Å². The second-order valence-corrected chi connectivity index (χ2v) is 10.5. The summed E-state index contributed by atoms with van der Waals surface area (Å²) in [6.45, 7) is 2.91. The van der Waals surface area contributed by atoms with Crippen molar-refractivity contribution in [1.82, 2.24) is 19.2 Å². The first-order valence-corrected chi connectivity index (χ1v) is 12.0. The Morgan fingerprint density at radius 1 is 1.33 bits per heavy atom. The largest absolute Gasteiger partial charge is 0.386 e. The molecule has 2 atom stereocenters. The van der Waals surface area contributed by atoms with Crippen LogP contribution in [0.15, 0.2) is 30.6 Å². The number of aromatic nitrogens is 2. The van der Waals surface area contributed by atoms with Gasteiger partial charge in [0, 0.05) is 13.1 Å². The summed E-state index contributed by atoms with van der Waals surface area (Å²) >= 11 is 0. The molecule has 2 aliphatic heterocycles. The molecule has 9 nitrogen and oxygen atoms in total. The number of benzene rings is 1. The third kappa shape index (κ3) is 4.36. The molecule has 2 saturated heterocycles. The molecule has 2 fully saturated rings. The molecule has 3 heterocycles. The molecule has 2 N–H and O–H groups in total. The fourth-order valence-electron chi connectivity index (χ4n) is 4.37. The van der Waals surface area contributed by atoms with E-state index in [0.717, 1.165) is 17.3 Å². The van der Waals surface area contributed by atoms with Crippen molar-refractivity contribution in [2.24, 2.45) is 0 Å². The number of hydrogen-bond donors (Lipinski definition) is 2. The van der Waals surface area contributed by atoms with E-state index in [2.05, 4.69) is 9.71 Å². The van der Waals surface area contributed by atoms with Gasteiger partial charge >= 0.3 is 0 Å². The summed E-state index contributed by atoms with van der Waals surface area (Å²) in [7, 11) is -3.46. The minimum atomic E-state index is -3.46. The molecule has 0 bridgehead atoms. The minimum Gasteiger partial charge on any atom is -0.386 e. The Morgan fingerprint density at radius 3 is 2.73 bits per heavy atom. The van der Waals surface area contributed by atoms with E-state index in [4.69, 9.17) is 4.74 Å². The van der Waals surface area contributed by atoms with E-state index in [1.807, 2.05) is 33.7 Å². The second-order valence-electron chi connectivity index (χ2n) is 8.72. The van der Waals surface area contributed by atoms with Crippen molar-refractivity contribution in [1.29, 1.82) is 0 Å². The van der Waals surface area contributed by atoms with Crippen molar-refractivity contribution in [2.75, 3.05) is 26.0 Å². The number of likely N-dealkylation sites (tertiary alicyclic amines) is 1.